The Hall–Kier alpha value is -1.28. The molecule has 0 spiro atoms. The van der Waals surface area contributed by atoms with Crippen LogP contribution < -0.4 is 7.60 Å². The minimum atomic E-state index is -3.46. The molecule has 0 aliphatic heterocycles. The monoisotopic (exact) mass is 1030 g/mol. The van der Waals surface area contributed by atoms with Gasteiger partial charge in [0.1, 0.15) is 0 Å². The Labute approximate surface area is 417 Å². The molecule has 11 rings (SSSR count). The third-order valence-corrected chi connectivity index (χ3v) is 70.5. The number of carbonyl (C=O) groups excluding carboxylic acids is 2. The van der Waals surface area contributed by atoms with Gasteiger partial charge in [-0.1, -0.05) is 0 Å². The SMILES string of the molecule is CC1=Cc2cc3c(cc2[CH]1[Ti]([CH3])([CH3])([NH]C(=O)C12CC4CC(CC(C4)C1)C2)=[Si](C)C)CC(C)(C)C3.CC1=Cc2cc3c(cc2[CH]1[Ti]([CH3])([CH3])([NH]C(=O)C1CCCCCCCCCCC1)=[Si](C)C)CCC3. The maximum atomic E-state index is 14.4. The summed E-state index contributed by atoms with van der Waals surface area (Å²) >= 11 is -6.87. The van der Waals surface area contributed by atoms with Gasteiger partial charge in [0.05, 0.1) is 0 Å². The zero-order chi connectivity index (χ0) is 48.7. The van der Waals surface area contributed by atoms with Crippen LogP contribution in [-0.2, 0) is 63.9 Å². The molecule has 2 amide bonds. The number of allylic oxidation sites excluding steroid dienone is 2. The molecule has 9 aliphatic rings. The molecule has 5 saturated carbocycles. The fraction of sp³-hybridized carbons (Fsp3) is 0.700. The number of carbonyl (C=O) groups is 2. The topological polar surface area (TPSA) is 58.2 Å². The molecule has 2 N–H and O–H groups in total. The fourth-order valence-corrected chi connectivity index (χ4v) is 42.0. The molecule has 0 saturated heterocycles. The van der Waals surface area contributed by atoms with E-state index in [1.165, 1.54) is 151 Å². The van der Waals surface area contributed by atoms with E-state index in [1.807, 2.05) is 0 Å². The Morgan fingerprint density at radius 2 is 0.956 bits per heavy atom. The summed E-state index contributed by atoms with van der Waals surface area (Å²) in [6, 6.07) is 10.1. The molecule has 0 aromatic heterocycles. The molecule has 372 valence electrons. The Morgan fingerprint density at radius 1 is 0.559 bits per heavy atom. The van der Waals surface area contributed by atoms with Crippen molar-refractivity contribution >= 4 is 36.3 Å². The first-order valence-electron chi connectivity index (χ1n) is 28.3. The van der Waals surface area contributed by atoms with Gasteiger partial charge in [-0.15, -0.1) is 0 Å². The van der Waals surface area contributed by atoms with E-state index in [0.29, 0.717) is 25.7 Å². The van der Waals surface area contributed by atoms with Gasteiger partial charge in [-0.2, -0.15) is 0 Å². The van der Waals surface area contributed by atoms with E-state index in [2.05, 4.69) is 119 Å². The molecule has 4 bridgehead atoms. The first-order valence-corrected chi connectivity index (χ1v) is 47.6. The zero-order valence-corrected chi connectivity index (χ0v) is 50.4. The molecule has 9 aliphatic carbocycles. The van der Waals surface area contributed by atoms with Crippen molar-refractivity contribution in [1.29, 1.82) is 0 Å². The first-order chi connectivity index (χ1) is 32.0. The summed E-state index contributed by atoms with van der Waals surface area (Å²) in [5.41, 5.74) is 15.6. The zero-order valence-electron chi connectivity index (χ0n) is 45.3. The van der Waals surface area contributed by atoms with Crippen molar-refractivity contribution in [3.63, 3.8) is 0 Å². The Kier molecular flexibility index (Phi) is 14.3. The predicted octanol–water partition coefficient (Wildman–Crippen LogP) is 16.2. The molecule has 4 nitrogen and oxygen atoms in total. The molecular weight excluding hydrogens is 933 g/mol. The number of nitrogens with one attached hydrogen (secondary N) is 2. The van der Waals surface area contributed by atoms with Crippen LogP contribution in [0.4, 0.5) is 0 Å². The Balaban J connectivity index is 0.000000170. The van der Waals surface area contributed by atoms with Crippen LogP contribution in [0.5, 0.6) is 0 Å². The third kappa shape index (κ3) is 9.57. The van der Waals surface area contributed by atoms with Crippen LogP contribution in [0.2, 0.25) is 47.1 Å². The summed E-state index contributed by atoms with van der Waals surface area (Å²) in [7, 11) is 0. The summed E-state index contributed by atoms with van der Waals surface area (Å²) in [5.74, 6) is 3.55. The van der Waals surface area contributed by atoms with Gasteiger partial charge in [-0.25, -0.2) is 0 Å². The number of hydrogen-bond donors (Lipinski definition) is 2. The number of amides is 2. The van der Waals surface area contributed by atoms with Crippen molar-refractivity contribution in [2.24, 2.45) is 34.5 Å². The molecule has 68 heavy (non-hydrogen) atoms. The van der Waals surface area contributed by atoms with Crippen molar-refractivity contribution in [3.05, 3.63) is 79.9 Å². The standard InChI is InChI=1S/C15H17.C13H25NO.C13H13.C11H17NO.2C2H6Si.4CH3.2Ti/c1-10-4-11-6-13-8-15(2,3)9-14(13)7-12(11)5-10;14-13(15)12-10-8-6-4-2-1-3-5-7-9-11-12;1-9-5-12-7-10-3-2-4-11(10)8-13(12)6-9;12-10(13)11-4-7-1-8(5-11)3-9(2-7)6-11;2*1-3-2;;;;;;/h4-7H,8-9H2,1-3H3;12H,1-11H2,(H2,14,15);5-8H,2-4H2,1H3;7-9H,1-6H2,(H2,12,13);2*1-2H3;4*1H3;;/q;;;;;;;;;;2*+1/p-2. The quantitative estimate of drug-likeness (QED) is 0.283. The summed E-state index contributed by atoms with van der Waals surface area (Å²) in [4.78, 5) is 28.4. The van der Waals surface area contributed by atoms with Gasteiger partial charge < -0.3 is 0 Å². The van der Waals surface area contributed by atoms with E-state index in [9.17, 15) is 9.59 Å². The average molecular weight is 1030 g/mol. The molecule has 2 atom stereocenters. The van der Waals surface area contributed by atoms with Crippen molar-refractivity contribution in [2.45, 2.75) is 225 Å². The van der Waals surface area contributed by atoms with Gasteiger partial charge in [0.2, 0.25) is 0 Å². The second-order valence-corrected chi connectivity index (χ2v) is 72.3. The van der Waals surface area contributed by atoms with Crippen molar-refractivity contribution < 1.29 is 38.2 Å². The van der Waals surface area contributed by atoms with Crippen LogP contribution in [0.1, 0.15) is 196 Å². The normalized spacial score (nSPS) is 28.9. The van der Waals surface area contributed by atoms with Crippen LogP contribution >= 0.6 is 0 Å². The molecule has 2 aromatic rings. The van der Waals surface area contributed by atoms with Gasteiger partial charge in [-0.05, 0) is 0 Å². The van der Waals surface area contributed by atoms with Crippen LogP contribution in [0, 0.1) is 34.5 Å². The summed E-state index contributed by atoms with van der Waals surface area (Å²) in [6.45, 7) is 19.5. The summed E-state index contributed by atoms with van der Waals surface area (Å²) in [6.07, 6.45) is 31.5. The van der Waals surface area contributed by atoms with Crippen LogP contribution in [-0.4, -0.2) is 24.2 Å². The molecule has 8 heteroatoms. The molecule has 5 fully saturated rings. The van der Waals surface area contributed by atoms with Crippen LogP contribution in [0.15, 0.2) is 35.4 Å². The minimum absolute atomic E-state index is 0.0519. The van der Waals surface area contributed by atoms with Crippen LogP contribution in [0.25, 0.3) is 12.2 Å². The summed E-state index contributed by atoms with van der Waals surface area (Å²) < 4.78 is 8.97. The van der Waals surface area contributed by atoms with Gasteiger partial charge in [0.25, 0.3) is 0 Å². The maximum absolute atomic E-state index is 14.4. The van der Waals surface area contributed by atoms with Crippen molar-refractivity contribution in [2.75, 3.05) is 0 Å². The number of rotatable bonds is 6. The van der Waals surface area contributed by atoms with E-state index in [-0.39, 0.29) is 11.3 Å². The molecule has 0 heterocycles. The predicted molar refractivity (Wildman–Crippen MR) is 288 cm³/mol. The number of fused-ring (bicyclic) bond motifs is 4. The molecule has 0 radical (unpaired) electrons. The van der Waals surface area contributed by atoms with E-state index in [4.69, 9.17) is 0 Å². The van der Waals surface area contributed by atoms with E-state index >= 15 is 0 Å². The van der Waals surface area contributed by atoms with E-state index in [0.717, 1.165) is 30.6 Å². The second kappa shape index (κ2) is 18.9. The van der Waals surface area contributed by atoms with Crippen LogP contribution in [0.3, 0.4) is 0 Å². The fourth-order valence-electron chi connectivity index (χ4n) is 16.8. The molecule has 2 unspecified atom stereocenters. The van der Waals surface area contributed by atoms with Gasteiger partial charge in [0, 0.05) is 0 Å². The van der Waals surface area contributed by atoms with E-state index in [1.54, 1.807) is 33.4 Å². The molecule has 2 aromatic carbocycles. The number of benzene rings is 2. The van der Waals surface area contributed by atoms with Crippen molar-refractivity contribution in [3.8, 4) is 0 Å². The van der Waals surface area contributed by atoms with Gasteiger partial charge >= 0.3 is 421 Å². The number of aryl methyl sites for hydroxylation is 2. The van der Waals surface area contributed by atoms with Gasteiger partial charge in [-0.3, -0.25) is 0 Å². The number of hydrogen-bond acceptors (Lipinski definition) is 2. The second-order valence-electron chi connectivity index (χ2n) is 28.1. The molecular formula is C60H94N2O2Si2Ti2. The third-order valence-electron chi connectivity index (χ3n) is 21.2. The average Bonchev–Trinajstić information content (AvgIpc) is 3.99. The summed E-state index contributed by atoms with van der Waals surface area (Å²) in [5, 5.41) is 10.3. The Bertz CT molecular complexity index is 2540. The Morgan fingerprint density at radius 3 is 1.43 bits per heavy atom. The van der Waals surface area contributed by atoms with Gasteiger partial charge in [0.15, 0.2) is 0 Å². The van der Waals surface area contributed by atoms with E-state index < -0.39 is 41.0 Å². The first kappa shape index (κ1) is 51.6. The van der Waals surface area contributed by atoms with Crippen molar-refractivity contribution in [1.82, 2.24) is 7.60 Å².